The van der Waals surface area contributed by atoms with Gasteiger partial charge in [-0.15, -0.1) is 0 Å². The molecule has 1 aliphatic heterocycles. The second kappa shape index (κ2) is 9.73. The van der Waals surface area contributed by atoms with Crippen molar-refractivity contribution in [2.75, 3.05) is 13.1 Å². The fourth-order valence-corrected chi connectivity index (χ4v) is 5.00. The second-order valence-electron chi connectivity index (χ2n) is 8.60. The first-order chi connectivity index (χ1) is 15.0. The topological polar surface area (TPSA) is 79.3 Å². The molecule has 1 aliphatic carbocycles. The van der Waals surface area contributed by atoms with Crippen LogP contribution in [0.5, 0.6) is 0 Å². The molecule has 2 N–H and O–H groups in total. The van der Waals surface area contributed by atoms with Crippen molar-refractivity contribution in [1.82, 2.24) is 25.3 Å². The van der Waals surface area contributed by atoms with Gasteiger partial charge in [0.2, 0.25) is 0 Å². The van der Waals surface area contributed by atoms with E-state index >= 15 is 0 Å². The van der Waals surface area contributed by atoms with Gasteiger partial charge in [0.25, 0.3) is 5.91 Å². The molecule has 1 saturated carbocycles. The molecular weight excluding hydrogens is 414 g/mol. The highest BCUT2D eigenvalue weighted by atomic mass is 35.5. The van der Waals surface area contributed by atoms with Crippen LogP contribution in [-0.2, 0) is 7.05 Å². The van der Waals surface area contributed by atoms with E-state index < -0.39 is 0 Å². The Hall–Kier alpha value is -2.54. The number of rotatable bonds is 5. The number of aryl methyl sites for hydroxylation is 1. The van der Waals surface area contributed by atoms with Gasteiger partial charge in [-0.3, -0.25) is 9.48 Å². The summed E-state index contributed by atoms with van der Waals surface area (Å²) in [7, 11) is 1.77. The van der Waals surface area contributed by atoms with Gasteiger partial charge in [0.1, 0.15) is 5.69 Å². The maximum atomic E-state index is 12.8. The van der Waals surface area contributed by atoms with Crippen LogP contribution in [0.2, 0.25) is 5.02 Å². The summed E-state index contributed by atoms with van der Waals surface area (Å²) in [5.41, 5.74) is 1.65. The zero-order valence-corrected chi connectivity index (χ0v) is 18.6. The Morgan fingerprint density at radius 1 is 1.13 bits per heavy atom. The molecule has 0 bridgehead atoms. The van der Waals surface area contributed by atoms with Crippen molar-refractivity contribution in [1.29, 1.82) is 0 Å². The summed E-state index contributed by atoms with van der Waals surface area (Å²) >= 11 is 6.21. The molecule has 4 rings (SSSR count). The van der Waals surface area contributed by atoms with Crippen molar-refractivity contribution in [3.63, 3.8) is 0 Å². The Kier molecular flexibility index (Phi) is 6.80. The van der Waals surface area contributed by atoms with E-state index in [-0.39, 0.29) is 24.0 Å². The van der Waals surface area contributed by atoms with Crippen LogP contribution in [0.25, 0.3) is 0 Å². The van der Waals surface area contributed by atoms with Gasteiger partial charge in [-0.05, 0) is 55.4 Å². The van der Waals surface area contributed by atoms with Gasteiger partial charge in [0, 0.05) is 37.4 Å². The zero-order chi connectivity index (χ0) is 21.8. The lowest BCUT2D eigenvalue weighted by molar-refractivity contribution is 0.0697. The van der Waals surface area contributed by atoms with Crippen LogP contribution >= 0.6 is 11.6 Å². The Morgan fingerprint density at radius 2 is 1.87 bits per heavy atom. The number of carbonyl (C=O) groups excluding carboxylic acids is 2. The Balaban J connectivity index is 1.32. The highest BCUT2D eigenvalue weighted by molar-refractivity contribution is 6.30. The minimum atomic E-state index is -0.145. The molecule has 7 nitrogen and oxygen atoms in total. The highest BCUT2D eigenvalue weighted by Crippen LogP contribution is 2.36. The summed E-state index contributed by atoms with van der Waals surface area (Å²) in [5.74, 6) is 0.424. The van der Waals surface area contributed by atoms with Crippen LogP contribution in [0.15, 0.2) is 36.5 Å². The number of carbonyl (C=O) groups is 2. The minimum absolute atomic E-state index is 0.00912. The highest BCUT2D eigenvalue weighted by Gasteiger charge is 2.30. The van der Waals surface area contributed by atoms with Crippen molar-refractivity contribution >= 4 is 23.5 Å². The Morgan fingerprint density at radius 3 is 2.52 bits per heavy atom. The summed E-state index contributed by atoms with van der Waals surface area (Å²) < 4.78 is 1.60. The molecule has 2 aliphatic rings. The average Bonchev–Trinajstić information content (AvgIpc) is 3.44. The van der Waals surface area contributed by atoms with Crippen LogP contribution in [0.3, 0.4) is 0 Å². The molecule has 31 heavy (non-hydrogen) atoms. The third kappa shape index (κ3) is 5.21. The Bertz CT molecular complexity index is 916. The zero-order valence-electron chi connectivity index (χ0n) is 17.9. The summed E-state index contributed by atoms with van der Waals surface area (Å²) in [6, 6.07) is 9.40. The number of hydrogen-bond acceptors (Lipinski definition) is 3. The summed E-state index contributed by atoms with van der Waals surface area (Å²) in [6.45, 7) is 1.24. The first-order valence-electron chi connectivity index (χ1n) is 11.1. The number of aromatic nitrogens is 2. The number of halogens is 1. The van der Waals surface area contributed by atoms with Gasteiger partial charge in [-0.25, -0.2) is 4.79 Å². The summed E-state index contributed by atoms with van der Waals surface area (Å²) in [4.78, 5) is 27.3. The quantitative estimate of drug-likeness (QED) is 0.735. The number of nitrogens with zero attached hydrogens (tertiary/aromatic N) is 3. The first kappa shape index (κ1) is 21.7. The van der Waals surface area contributed by atoms with Crippen LogP contribution in [-0.4, -0.2) is 45.8 Å². The van der Waals surface area contributed by atoms with Gasteiger partial charge in [0.05, 0.1) is 6.04 Å². The van der Waals surface area contributed by atoms with E-state index in [0.717, 1.165) is 31.2 Å². The van der Waals surface area contributed by atoms with Gasteiger partial charge in [-0.2, -0.15) is 5.10 Å². The number of amides is 3. The monoisotopic (exact) mass is 443 g/mol. The molecular formula is C23H30ClN5O2. The van der Waals surface area contributed by atoms with E-state index in [1.807, 2.05) is 29.2 Å². The van der Waals surface area contributed by atoms with Crippen molar-refractivity contribution in [2.24, 2.45) is 13.0 Å². The molecule has 1 aromatic heterocycles. The molecule has 0 radical (unpaired) electrons. The van der Waals surface area contributed by atoms with Crippen molar-refractivity contribution in [3.8, 4) is 0 Å². The lowest BCUT2D eigenvalue weighted by Crippen LogP contribution is -2.50. The standard InChI is InChI=1S/C23H30ClN5O2/c1-28-20(9-12-25-28)22(30)29-13-10-19(11-14-29)26-23(31)27-21(16-5-2-3-6-16)17-7-4-8-18(24)15-17/h4,7-9,12,15-16,19,21H,2-3,5-6,10-11,13-14H2,1H3,(H2,26,27,31). The second-order valence-corrected chi connectivity index (χ2v) is 9.04. The fourth-order valence-electron chi connectivity index (χ4n) is 4.81. The maximum absolute atomic E-state index is 12.8. The van der Waals surface area contributed by atoms with Crippen molar-refractivity contribution in [2.45, 2.75) is 50.6 Å². The molecule has 1 saturated heterocycles. The van der Waals surface area contributed by atoms with E-state index in [4.69, 9.17) is 11.6 Å². The fraction of sp³-hybridized carbons (Fsp3) is 0.522. The molecule has 0 spiro atoms. The minimum Gasteiger partial charge on any atom is -0.337 e. The summed E-state index contributed by atoms with van der Waals surface area (Å²) in [5, 5.41) is 11.1. The normalized spacial score (nSPS) is 18.7. The lowest BCUT2D eigenvalue weighted by Gasteiger charge is -2.33. The number of hydrogen-bond donors (Lipinski definition) is 2. The molecule has 1 atom stereocenters. The lowest BCUT2D eigenvalue weighted by atomic mass is 9.91. The molecule has 1 unspecified atom stereocenters. The number of piperidine rings is 1. The summed E-state index contributed by atoms with van der Waals surface area (Å²) in [6.07, 6.45) is 7.75. The molecule has 2 fully saturated rings. The molecule has 8 heteroatoms. The third-order valence-electron chi connectivity index (χ3n) is 6.52. The first-order valence-corrected chi connectivity index (χ1v) is 11.5. The largest absolute Gasteiger partial charge is 0.337 e. The van der Waals surface area contributed by atoms with Crippen LogP contribution in [0.4, 0.5) is 4.79 Å². The smallest absolute Gasteiger partial charge is 0.315 e. The maximum Gasteiger partial charge on any atom is 0.315 e. The molecule has 2 aromatic rings. The number of benzene rings is 1. The van der Waals surface area contributed by atoms with Crippen molar-refractivity contribution < 1.29 is 9.59 Å². The van der Waals surface area contributed by atoms with E-state index in [9.17, 15) is 9.59 Å². The third-order valence-corrected chi connectivity index (χ3v) is 6.76. The van der Waals surface area contributed by atoms with Crippen LogP contribution in [0.1, 0.15) is 60.6 Å². The average molecular weight is 444 g/mol. The van der Waals surface area contributed by atoms with Crippen LogP contribution in [0, 0.1) is 5.92 Å². The van der Waals surface area contributed by atoms with Gasteiger partial charge < -0.3 is 15.5 Å². The Labute approximate surface area is 188 Å². The molecule has 166 valence electrons. The molecule has 3 amide bonds. The number of nitrogens with one attached hydrogen (secondary N) is 2. The predicted molar refractivity (Wildman–Crippen MR) is 120 cm³/mol. The van der Waals surface area contributed by atoms with E-state index in [2.05, 4.69) is 15.7 Å². The number of likely N-dealkylation sites (tertiary alicyclic amines) is 1. The van der Waals surface area contributed by atoms with Crippen molar-refractivity contribution in [3.05, 3.63) is 52.8 Å². The van der Waals surface area contributed by atoms with Gasteiger partial charge in [0.15, 0.2) is 0 Å². The molecule has 1 aromatic carbocycles. The predicted octanol–water partition coefficient (Wildman–Crippen LogP) is 3.91. The SMILES string of the molecule is Cn1nccc1C(=O)N1CCC(NC(=O)NC(c2cccc(Cl)c2)C2CCCC2)CC1. The molecule has 2 heterocycles. The van der Waals surface area contributed by atoms with E-state index in [0.29, 0.717) is 29.7 Å². The number of urea groups is 1. The van der Waals surface area contributed by atoms with Crippen LogP contribution < -0.4 is 10.6 Å². The van der Waals surface area contributed by atoms with E-state index in [1.165, 1.54) is 12.8 Å². The van der Waals surface area contributed by atoms with Gasteiger partial charge in [-0.1, -0.05) is 36.6 Å². The van der Waals surface area contributed by atoms with Gasteiger partial charge >= 0.3 is 6.03 Å². The van der Waals surface area contributed by atoms with E-state index in [1.54, 1.807) is 24.0 Å².